The SMILES string of the molecule is CCCC(CC)C1C=NC=N1. The third kappa shape index (κ3) is 2.14. The lowest BCUT2D eigenvalue weighted by Gasteiger charge is -2.15. The smallest absolute Gasteiger partial charge is 0.110 e. The van der Waals surface area contributed by atoms with E-state index >= 15 is 0 Å². The normalized spacial score (nSPS) is 24.4. The molecule has 1 rings (SSSR count). The van der Waals surface area contributed by atoms with Gasteiger partial charge in [0.15, 0.2) is 0 Å². The third-order valence-electron chi connectivity index (χ3n) is 2.21. The monoisotopic (exact) mass is 152 g/mol. The lowest BCUT2D eigenvalue weighted by molar-refractivity contribution is 0.444. The lowest BCUT2D eigenvalue weighted by Crippen LogP contribution is -2.17. The summed E-state index contributed by atoms with van der Waals surface area (Å²) in [5.74, 6) is 0.711. The molecule has 2 nitrogen and oxygen atoms in total. The molecule has 0 aromatic rings. The topological polar surface area (TPSA) is 24.7 Å². The number of aliphatic imine (C=N–C) groups is 2. The summed E-state index contributed by atoms with van der Waals surface area (Å²) in [6, 6.07) is 0.375. The molecule has 0 aromatic carbocycles. The van der Waals surface area contributed by atoms with Crippen molar-refractivity contribution in [2.24, 2.45) is 15.9 Å². The van der Waals surface area contributed by atoms with E-state index in [0.717, 1.165) is 0 Å². The summed E-state index contributed by atoms with van der Waals surface area (Å²) in [5, 5.41) is 0. The van der Waals surface area contributed by atoms with Crippen LogP contribution in [0.25, 0.3) is 0 Å². The summed E-state index contributed by atoms with van der Waals surface area (Å²) in [6.45, 7) is 4.44. The maximum atomic E-state index is 4.28. The van der Waals surface area contributed by atoms with Gasteiger partial charge in [-0.05, 0) is 12.3 Å². The van der Waals surface area contributed by atoms with Crippen LogP contribution in [0.15, 0.2) is 9.98 Å². The van der Waals surface area contributed by atoms with E-state index < -0.39 is 0 Å². The standard InChI is InChI=1S/C9H16N2/c1-3-5-8(4-2)9-6-10-7-11-9/h6-9H,3-5H2,1-2H3. The van der Waals surface area contributed by atoms with Gasteiger partial charge < -0.3 is 0 Å². The van der Waals surface area contributed by atoms with Gasteiger partial charge >= 0.3 is 0 Å². The van der Waals surface area contributed by atoms with Gasteiger partial charge in [0.2, 0.25) is 0 Å². The van der Waals surface area contributed by atoms with Crippen LogP contribution in [0.1, 0.15) is 33.1 Å². The first kappa shape index (κ1) is 8.44. The van der Waals surface area contributed by atoms with Gasteiger partial charge in [-0.1, -0.05) is 26.7 Å². The van der Waals surface area contributed by atoms with E-state index in [1.165, 1.54) is 19.3 Å². The van der Waals surface area contributed by atoms with E-state index in [1.807, 2.05) is 6.21 Å². The molecule has 0 aromatic heterocycles. The first-order valence-electron chi connectivity index (χ1n) is 4.43. The molecule has 2 unspecified atom stereocenters. The van der Waals surface area contributed by atoms with Crippen molar-refractivity contribution in [3.8, 4) is 0 Å². The Bertz CT molecular complexity index is 149. The van der Waals surface area contributed by atoms with Gasteiger partial charge in [-0.15, -0.1) is 0 Å². The molecule has 1 heterocycles. The number of rotatable bonds is 4. The molecule has 0 spiro atoms. The van der Waals surface area contributed by atoms with E-state index in [4.69, 9.17) is 0 Å². The van der Waals surface area contributed by atoms with Crippen molar-refractivity contribution in [1.82, 2.24) is 0 Å². The van der Waals surface area contributed by atoms with Crippen LogP contribution in [-0.4, -0.2) is 18.6 Å². The van der Waals surface area contributed by atoms with Crippen molar-refractivity contribution in [2.45, 2.75) is 39.2 Å². The molecule has 0 saturated carbocycles. The molecule has 1 aliphatic heterocycles. The average molecular weight is 152 g/mol. The molecule has 0 N–H and O–H groups in total. The molecular formula is C9H16N2. The van der Waals surface area contributed by atoms with E-state index in [-0.39, 0.29) is 0 Å². The highest BCUT2D eigenvalue weighted by molar-refractivity contribution is 5.82. The van der Waals surface area contributed by atoms with Crippen molar-refractivity contribution in [1.29, 1.82) is 0 Å². The van der Waals surface area contributed by atoms with Crippen LogP contribution in [0.4, 0.5) is 0 Å². The number of nitrogens with zero attached hydrogens (tertiary/aromatic N) is 2. The zero-order valence-electron chi connectivity index (χ0n) is 7.33. The van der Waals surface area contributed by atoms with E-state index in [1.54, 1.807) is 6.34 Å². The molecule has 0 saturated heterocycles. The minimum absolute atomic E-state index is 0.375. The Morgan fingerprint density at radius 3 is 2.73 bits per heavy atom. The molecule has 0 bridgehead atoms. The van der Waals surface area contributed by atoms with Gasteiger partial charge in [0, 0.05) is 6.21 Å². The Kier molecular flexibility index (Phi) is 3.27. The van der Waals surface area contributed by atoms with Crippen LogP contribution in [0.5, 0.6) is 0 Å². The summed E-state index contributed by atoms with van der Waals surface area (Å²) >= 11 is 0. The van der Waals surface area contributed by atoms with Gasteiger partial charge in [-0.25, -0.2) is 4.99 Å². The minimum Gasteiger partial charge on any atom is -0.264 e. The molecule has 0 amide bonds. The number of hydrogen-bond donors (Lipinski definition) is 0. The minimum atomic E-state index is 0.375. The van der Waals surface area contributed by atoms with Gasteiger partial charge in [0.1, 0.15) is 6.34 Å². The van der Waals surface area contributed by atoms with Gasteiger partial charge in [-0.2, -0.15) is 0 Å². The number of hydrogen-bond acceptors (Lipinski definition) is 2. The largest absolute Gasteiger partial charge is 0.264 e. The zero-order chi connectivity index (χ0) is 8.10. The lowest BCUT2D eigenvalue weighted by atomic mass is 9.94. The molecule has 11 heavy (non-hydrogen) atoms. The van der Waals surface area contributed by atoms with E-state index in [0.29, 0.717) is 12.0 Å². The average Bonchev–Trinajstić information content (AvgIpc) is 2.52. The maximum Gasteiger partial charge on any atom is 0.110 e. The summed E-state index contributed by atoms with van der Waals surface area (Å²) < 4.78 is 0. The van der Waals surface area contributed by atoms with Crippen molar-refractivity contribution >= 4 is 12.6 Å². The molecule has 2 heteroatoms. The zero-order valence-corrected chi connectivity index (χ0v) is 7.33. The Morgan fingerprint density at radius 1 is 1.45 bits per heavy atom. The van der Waals surface area contributed by atoms with Crippen LogP contribution in [0.3, 0.4) is 0 Å². The fourth-order valence-corrected chi connectivity index (χ4v) is 1.51. The Balaban J connectivity index is 2.41. The van der Waals surface area contributed by atoms with Crippen LogP contribution in [-0.2, 0) is 0 Å². The third-order valence-corrected chi connectivity index (χ3v) is 2.21. The highest BCUT2D eigenvalue weighted by Gasteiger charge is 2.17. The first-order valence-corrected chi connectivity index (χ1v) is 4.43. The van der Waals surface area contributed by atoms with Gasteiger partial charge in [0.25, 0.3) is 0 Å². The highest BCUT2D eigenvalue weighted by atomic mass is 15.0. The predicted octanol–water partition coefficient (Wildman–Crippen LogP) is 2.29. The second-order valence-corrected chi connectivity index (χ2v) is 3.01. The fourth-order valence-electron chi connectivity index (χ4n) is 1.51. The quantitative estimate of drug-likeness (QED) is 0.590. The summed E-state index contributed by atoms with van der Waals surface area (Å²) in [5.41, 5.74) is 0. The Morgan fingerprint density at radius 2 is 2.27 bits per heavy atom. The summed E-state index contributed by atoms with van der Waals surface area (Å²) in [4.78, 5) is 8.28. The van der Waals surface area contributed by atoms with Gasteiger partial charge in [0.05, 0.1) is 6.04 Å². The summed E-state index contributed by atoms with van der Waals surface area (Å²) in [7, 11) is 0. The van der Waals surface area contributed by atoms with Crippen LogP contribution in [0, 0.1) is 5.92 Å². The van der Waals surface area contributed by atoms with Gasteiger partial charge in [-0.3, -0.25) is 4.99 Å². The molecule has 2 atom stereocenters. The fraction of sp³-hybridized carbons (Fsp3) is 0.778. The molecule has 0 radical (unpaired) electrons. The predicted molar refractivity (Wildman–Crippen MR) is 49.5 cm³/mol. The van der Waals surface area contributed by atoms with Crippen molar-refractivity contribution in [3.05, 3.63) is 0 Å². The van der Waals surface area contributed by atoms with E-state index in [2.05, 4.69) is 23.8 Å². The van der Waals surface area contributed by atoms with Crippen LogP contribution in [0.2, 0.25) is 0 Å². The van der Waals surface area contributed by atoms with Crippen LogP contribution >= 0.6 is 0 Å². The van der Waals surface area contributed by atoms with Crippen molar-refractivity contribution in [2.75, 3.05) is 0 Å². The molecular weight excluding hydrogens is 136 g/mol. The Hall–Kier alpha value is -0.660. The Labute approximate surface area is 68.4 Å². The van der Waals surface area contributed by atoms with Crippen molar-refractivity contribution in [3.63, 3.8) is 0 Å². The highest BCUT2D eigenvalue weighted by Crippen LogP contribution is 2.18. The van der Waals surface area contributed by atoms with Crippen LogP contribution < -0.4 is 0 Å². The van der Waals surface area contributed by atoms with E-state index in [9.17, 15) is 0 Å². The molecule has 0 aliphatic carbocycles. The second-order valence-electron chi connectivity index (χ2n) is 3.01. The molecule has 0 fully saturated rings. The molecule has 1 aliphatic rings. The first-order chi connectivity index (χ1) is 5.38. The second kappa shape index (κ2) is 4.27. The van der Waals surface area contributed by atoms with Crippen molar-refractivity contribution < 1.29 is 0 Å². The maximum absolute atomic E-state index is 4.28. The molecule has 62 valence electrons. The summed E-state index contributed by atoms with van der Waals surface area (Å²) in [6.07, 6.45) is 7.36.